The Labute approximate surface area is 128 Å². The Morgan fingerprint density at radius 3 is 2.62 bits per heavy atom. The molecule has 1 heterocycles. The molecule has 0 bridgehead atoms. The number of ether oxygens (including phenoxy) is 2. The van der Waals surface area contributed by atoms with Crippen LogP contribution in [-0.2, 0) is 19.5 Å². The van der Waals surface area contributed by atoms with Gasteiger partial charge >= 0.3 is 5.97 Å². The first-order valence-corrected chi connectivity index (χ1v) is 9.04. The summed E-state index contributed by atoms with van der Waals surface area (Å²) in [5.41, 5.74) is 0. The van der Waals surface area contributed by atoms with Gasteiger partial charge in [0, 0.05) is 18.4 Å². The van der Waals surface area contributed by atoms with Gasteiger partial charge in [-0.1, -0.05) is 0 Å². The number of thiophene rings is 1. The first-order chi connectivity index (χ1) is 9.81. The third-order valence-electron chi connectivity index (χ3n) is 3.56. The minimum atomic E-state index is -3.81. The topological polar surface area (TPSA) is 95.7 Å². The Balaban J connectivity index is 2.07. The highest BCUT2D eigenvalue weighted by atomic mass is 32.2. The Hall–Kier alpha value is -0.960. The van der Waals surface area contributed by atoms with Crippen molar-refractivity contribution in [2.45, 2.75) is 49.7 Å². The van der Waals surface area contributed by atoms with Crippen molar-refractivity contribution in [3.05, 3.63) is 15.8 Å². The number of hydrogen-bond donors (Lipinski definition) is 1. The van der Waals surface area contributed by atoms with E-state index in [1.165, 1.54) is 6.07 Å². The molecule has 1 aliphatic carbocycles. The second-order valence-electron chi connectivity index (χ2n) is 5.13. The standard InChI is InChI=1S/C13H19NO5S2/c1-8-12(21(14,16)17)7-11(20-8)13(15)19-10-5-3-4-9(6-10)18-2/h7,9-10H,3-6H2,1-2H3,(H2,14,16,17). The second-order valence-corrected chi connectivity index (χ2v) is 7.91. The van der Waals surface area contributed by atoms with E-state index in [4.69, 9.17) is 14.6 Å². The second kappa shape index (κ2) is 6.43. The molecule has 118 valence electrons. The van der Waals surface area contributed by atoms with E-state index in [0.717, 1.165) is 30.6 Å². The van der Waals surface area contributed by atoms with Crippen molar-refractivity contribution in [3.8, 4) is 0 Å². The summed E-state index contributed by atoms with van der Waals surface area (Å²) in [7, 11) is -2.16. The van der Waals surface area contributed by atoms with Gasteiger partial charge in [-0.15, -0.1) is 11.3 Å². The van der Waals surface area contributed by atoms with Gasteiger partial charge in [0.05, 0.1) is 11.0 Å². The Kier molecular flexibility index (Phi) is 5.03. The van der Waals surface area contributed by atoms with Gasteiger partial charge in [-0.2, -0.15) is 0 Å². The highest BCUT2D eigenvalue weighted by Gasteiger charge is 2.27. The SMILES string of the molecule is COC1CCCC(OC(=O)c2cc(S(N)(=O)=O)c(C)s2)C1. The third-order valence-corrected chi connectivity index (χ3v) is 5.76. The number of aryl methyl sites for hydroxylation is 1. The van der Waals surface area contributed by atoms with Gasteiger partial charge in [0.2, 0.25) is 10.0 Å². The number of rotatable bonds is 4. The number of nitrogens with two attached hydrogens (primary N) is 1. The van der Waals surface area contributed by atoms with E-state index in [9.17, 15) is 13.2 Å². The van der Waals surface area contributed by atoms with Crippen LogP contribution < -0.4 is 5.14 Å². The maximum Gasteiger partial charge on any atom is 0.348 e. The monoisotopic (exact) mass is 333 g/mol. The van der Waals surface area contributed by atoms with E-state index in [1.54, 1.807) is 14.0 Å². The van der Waals surface area contributed by atoms with E-state index in [1.807, 2.05) is 0 Å². The summed E-state index contributed by atoms with van der Waals surface area (Å²) in [5.74, 6) is -0.500. The van der Waals surface area contributed by atoms with Crippen molar-refractivity contribution in [2.24, 2.45) is 5.14 Å². The minimum absolute atomic E-state index is 0.0159. The molecule has 1 aliphatic rings. The van der Waals surface area contributed by atoms with Crippen molar-refractivity contribution in [1.82, 2.24) is 0 Å². The Bertz CT molecular complexity index is 623. The van der Waals surface area contributed by atoms with Crippen LogP contribution >= 0.6 is 11.3 Å². The average Bonchev–Trinajstić information content (AvgIpc) is 2.81. The summed E-state index contributed by atoms with van der Waals surface area (Å²) in [5, 5.41) is 5.10. The number of hydrogen-bond acceptors (Lipinski definition) is 6. The Morgan fingerprint density at radius 2 is 2.05 bits per heavy atom. The highest BCUT2D eigenvalue weighted by Crippen LogP contribution is 2.28. The van der Waals surface area contributed by atoms with Gasteiger partial charge in [-0.25, -0.2) is 18.4 Å². The maximum absolute atomic E-state index is 12.1. The lowest BCUT2D eigenvalue weighted by atomic mass is 9.95. The van der Waals surface area contributed by atoms with Crippen LogP contribution in [0.3, 0.4) is 0 Å². The third kappa shape index (κ3) is 4.03. The molecular formula is C13H19NO5S2. The fourth-order valence-corrected chi connectivity index (χ4v) is 4.51. The van der Waals surface area contributed by atoms with Crippen LogP contribution in [0.25, 0.3) is 0 Å². The van der Waals surface area contributed by atoms with E-state index in [-0.39, 0.29) is 22.0 Å². The molecule has 2 N–H and O–H groups in total. The Morgan fingerprint density at radius 1 is 1.38 bits per heavy atom. The molecule has 0 amide bonds. The molecule has 8 heteroatoms. The molecular weight excluding hydrogens is 314 g/mol. The minimum Gasteiger partial charge on any atom is -0.458 e. The van der Waals surface area contributed by atoms with E-state index < -0.39 is 16.0 Å². The van der Waals surface area contributed by atoms with Gasteiger partial charge < -0.3 is 9.47 Å². The van der Waals surface area contributed by atoms with Crippen molar-refractivity contribution in [3.63, 3.8) is 0 Å². The van der Waals surface area contributed by atoms with Crippen molar-refractivity contribution >= 4 is 27.3 Å². The molecule has 21 heavy (non-hydrogen) atoms. The van der Waals surface area contributed by atoms with Crippen LogP contribution in [0.1, 0.15) is 40.2 Å². The van der Waals surface area contributed by atoms with Gasteiger partial charge in [0.1, 0.15) is 11.0 Å². The molecule has 0 aromatic carbocycles. The lowest BCUT2D eigenvalue weighted by Gasteiger charge is -2.27. The highest BCUT2D eigenvalue weighted by molar-refractivity contribution is 7.89. The first kappa shape index (κ1) is 16.4. The smallest absolute Gasteiger partial charge is 0.348 e. The van der Waals surface area contributed by atoms with Crippen LogP contribution in [0.4, 0.5) is 0 Å². The molecule has 1 saturated carbocycles. The summed E-state index contributed by atoms with van der Waals surface area (Å²) >= 11 is 1.08. The van der Waals surface area contributed by atoms with Crippen LogP contribution in [-0.4, -0.2) is 33.7 Å². The number of carbonyl (C=O) groups excluding carboxylic acids is 1. The summed E-state index contributed by atoms with van der Waals surface area (Å²) < 4.78 is 33.5. The predicted octanol–water partition coefficient (Wildman–Crippen LogP) is 1.82. The molecule has 2 atom stereocenters. The molecule has 0 saturated heterocycles. The summed E-state index contributed by atoms with van der Waals surface area (Å²) in [4.78, 5) is 12.8. The maximum atomic E-state index is 12.1. The molecule has 2 rings (SSSR count). The zero-order chi connectivity index (χ0) is 15.6. The molecule has 1 aromatic rings. The number of sulfonamides is 1. The van der Waals surface area contributed by atoms with Gasteiger partial charge in [0.15, 0.2) is 0 Å². The van der Waals surface area contributed by atoms with Gasteiger partial charge in [0.25, 0.3) is 0 Å². The fourth-order valence-electron chi connectivity index (χ4n) is 2.48. The van der Waals surface area contributed by atoms with Crippen molar-refractivity contribution < 1.29 is 22.7 Å². The molecule has 0 aliphatic heterocycles. The van der Waals surface area contributed by atoms with Gasteiger partial charge in [-0.3, -0.25) is 0 Å². The zero-order valence-corrected chi connectivity index (χ0v) is 13.6. The molecule has 0 spiro atoms. The summed E-state index contributed by atoms with van der Waals surface area (Å²) in [6.07, 6.45) is 3.32. The average molecular weight is 333 g/mol. The van der Waals surface area contributed by atoms with Gasteiger partial charge in [-0.05, 0) is 32.3 Å². The molecule has 1 aromatic heterocycles. The lowest BCUT2D eigenvalue weighted by Crippen LogP contribution is -2.29. The molecule has 0 radical (unpaired) electrons. The predicted molar refractivity (Wildman–Crippen MR) is 78.9 cm³/mol. The van der Waals surface area contributed by atoms with Crippen molar-refractivity contribution in [2.75, 3.05) is 7.11 Å². The molecule has 1 fully saturated rings. The number of carbonyl (C=O) groups is 1. The normalized spacial score (nSPS) is 23.0. The fraction of sp³-hybridized carbons (Fsp3) is 0.615. The van der Waals surface area contributed by atoms with Crippen LogP contribution in [0.5, 0.6) is 0 Å². The molecule has 6 nitrogen and oxygen atoms in total. The molecule has 2 unspecified atom stereocenters. The van der Waals surface area contributed by atoms with E-state index in [0.29, 0.717) is 11.3 Å². The first-order valence-electron chi connectivity index (χ1n) is 6.68. The van der Waals surface area contributed by atoms with E-state index in [2.05, 4.69) is 0 Å². The summed E-state index contributed by atoms with van der Waals surface area (Å²) in [6.45, 7) is 1.61. The zero-order valence-electron chi connectivity index (χ0n) is 12.0. The largest absolute Gasteiger partial charge is 0.458 e. The van der Waals surface area contributed by atoms with Crippen LogP contribution in [0.2, 0.25) is 0 Å². The summed E-state index contributed by atoms with van der Waals surface area (Å²) in [6, 6.07) is 1.29. The lowest BCUT2D eigenvalue weighted by molar-refractivity contribution is -0.0146. The quantitative estimate of drug-likeness (QED) is 0.848. The van der Waals surface area contributed by atoms with Crippen LogP contribution in [0, 0.1) is 6.92 Å². The number of methoxy groups -OCH3 is 1. The number of primary sulfonamides is 1. The van der Waals surface area contributed by atoms with Crippen molar-refractivity contribution in [1.29, 1.82) is 0 Å². The van der Waals surface area contributed by atoms with Crippen LogP contribution in [0.15, 0.2) is 11.0 Å². The number of esters is 1. The van der Waals surface area contributed by atoms with E-state index >= 15 is 0 Å².